The van der Waals surface area contributed by atoms with Crippen molar-refractivity contribution in [2.75, 3.05) is 18.1 Å². The predicted molar refractivity (Wildman–Crippen MR) is 109 cm³/mol. The molecular formula is C23H19F3N2O3. The maximum atomic E-state index is 13.0. The molecule has 1 aromatic heterocycles. The molecule has 1 heterocycles. The molecule has 0 unspecified atom stereocenters. The van der Waals surface area contributed by atoms with Crippen LogP contribution in [0.2, 0.25) is 0 Å². The Hall–Kier alpha value is -3.73. The number of nitriles is 1. The van der Waals surface area contributed by atoms with Crippen LogP contribution in [0.25, 0.3) is 11.3 Å². The molecule has 0 spiro atoms. The van der Waals surface area contributed by atoms with E-state index in [2.05, 4.69) is 0 Å². The van der Waals surface area contributed by atoms with Gasteiger partial charge in [0, 0.05) is 17.8 Å². The van der Waals surface area contributed by atoms with Gasteiger partial charge in [-0.05, 0) is 55.5 Å². The van der Waals surface area contributed by atoms with Crippen molar-refractivity contribution in [2.24, 2.45) is 0 Å². The average molecular weight is 428 g/mol. The zero-order valence-electron chi connectivity index (χ0n) is 16.6. The van der Waals surface area contributed by atoms with Crippen molar-refractivity contribution >= 4 is 11.6 Å². The zero-order chi connectivity index (χ0) is 22.4. The summed E-state index contributed by atoms with van der Waals surface area (Å²) in [6.45, 7) is 2.49. The van der Waals surface area contributed by atoms with Crippen LogP contribution < -0.4 is 9.64 Å². The zero-order valence-corrected chi connectivity index (χ0v) is 16.6. The van der Waals surface area contributed by atoms with E-state index in [1.807, 2.05) is 13.0 Å². The van der Waals surface area contributed by atoms with Crippen LogP contribution in [0.1, 0.15) is 29.5 Å². The van der Waals surface area contributed by atoms with Crippen LogP contribution in [0.4, 0.5) is 18.9 Å². The van der Waals surface area contributed by atoms with Crippen LogP contribution in [0, 0.1) is 11.3 Å². The minimum atomic E-state index is -4.48. The number of nitrogens with zero attached hydrogens (tertiary/aromatic N) is 2. The first-order valence-electron chi connectivity index (χ1n) is 9.52. The van der Waals surface area contributed by atoms with Gasteiger partial charge in [-0.1, -0.05) is 12.1 Å². The van der Waals surface area contributed by atoms with Crippen LogP contribution in [-0.4, -0.2) is 19.1 Å². The van der Waals surface area contributed by atoms with Gasteiger partial charge in [0.25, 0.3) is 5.91 Å². The lowest BCUT2D eigenvalue weighted by molar-refractivity contribution is -0.137. The van der Waals surface area contributed by atoms with E-state index in [1.165, 1.54) is 29.2 Å². The molecule has 0 aliphatic carbocycles. The quantitative estimate of drug-likeness (QED) is 0.468. The molecule has 0 saturated heterocycles. The molecule has 2 aromatic carbocycles. The summed E-state index contributed by atoms with van der Waals surface area (Å²) in [7, 11) is 0. The number of furan rings is 1. The monoisotopic (exact) mass is 428 g/mol. The highest BCUT2D eigenvalue weighted by molar-refractivity contribution is 6.04. The number of anilines is 1. The molecule has 0 N–H and O–H groups in total. The van der Waals surface area contributed by atoms with Crippen molar-refractivity contribution in [3.63, 3.8) is 0 Å². The third-order valence-corrected chi connectivity index (χ3v) is 4.44. The van der Waals surface area contributed by atoms with Gasteiger partial charge in [0.1, 0.15) is 11.5 Å². The van der Waals surface area contributed by atoms with Crippen LogP contribution in [-0.2, 0) is 6.18 Å². The van der Waals surface area contributed by atoms with Crippen LogP contribution >= 0.6 is 0 Å². The average Bonchev–Trinajstić information content (AvgIpc) is 3.25. The summed E-state index contributed by atoms with van der Waals surface area (Å²) >= 11 is 0. The fourth-order valence-corrected chi connectivity index (χ4v) is 2.99. The Morgan fingerprint density at radius 3 is 2.52 bits per heavy atom. The maximum Gasteiger partial charge on any atom is 0.416 e. The lowest BCUT2D eigenvalue weighted by atomic mass is 10.1. The summed E-state index contributed by atoms with van der Waals surface area (Å²) in [6.07, 6.45) is -4.39. The van der Waals surface area contributed by atoms with Gasteiger partial charge in [0.05, 0.1) is 24.7 Å². The van der Waals surface area contributed by atoms with E-state index in [4.69, 9.17) is 14.4 Å². The van der Waals surface area contributed by atoms with E-state index >= 15 is 0 Å². The van der Waals surface area contributed by atoms with Gasteiger partial charge in [-0.2, -0.15) is 18.4 Å². The summed E-state index contributed by atoms with van der Waals surface area (Å²) < 4.78 is 49.9. The Bertz CT molecular complexity index is 1080. The van der Waals surface area contributed by atoms with Gasteiger partial charge in [-0.25, -0.2) is 0 Å². The molecule has 0 fully saturated rings. The first kappa shape index (κ1) is 22.0. The molecule has 1 amide bonds. The summed E-state index contributed by atoms with van der Waals surface area (Å²) in [6, 6.07) is 16.3. The number of ether oxygens (including phenoxy) is 1. The standard InChI is InChI=1S/C23H19F3N2O3/c1-2-30-19-9-7-18(8-10-19)28(14-4-13-27)22(29)21-12-11-20(31-21)16-5-3-6-17(15-16)23(24,25)26/h3,5-12,15H,2,4,14H2,1H3. The van der Waals surface area contributed by atoms with Crippen molar-refractivity contribution in [2.45, 2.75) is 19.5 Å². The molecule has 0 bridgehead atoms. The molecule has 3 rings (SSSR count). The molecule has 0 aliphatic heterocycles. The summed E-state index contributed by atoms with van der Waals surface area (Å²) in [5.41, 5.74) is -0.0569. The maximum absolute atomic E-state index is 13.0. The number of hydrogen-bond acceptors (Lipinski definition) is 4. The summed E-state index contributed by atoms with van der Waals surface area (Å²) in [5.74, 6) is 0.238. The van der Waals surface area contributed by atoms with Gasteiger partial charge >= 0.3 is 6.18 Å². The van der Waals surface area contributed by atoms with Crippen molar-refractivity contribution in [1.82, 2.24) is 0 Å². The fourth-order valence-electron chi connectivity index (χ4n) is 2.99. The topological polar surface area (TPSA) is 66.5 Å². The van der Waals surface area contributed by atoms with Crippen molar-refractivity contribution in [1.29, 1.82) is 5.26 Å². The number of amides is 1. The summed E-state index contributed by atoms with van der Waals surface area (Å²) in [5, 5.41) is 8.95. The van der Waals surface area contributed by atoms with E-state index in [0.717, 1.165) is 12.1 Å². The van der Waals surface area contributed by atoms with E-state index in [0.29, 0.717) is 18.0 Å². The number of alkyl halides is 3. The molecule has 0 radical (unpaired) electrons. The minimum Gasteiger partial charge on any atom is -0.494 e. The number of benzene rings is 2. The number of hydrogen-bond donors (Lipinski definition) is 0. The molecule has 5 nitrogen and oxygen atoms in total. The third kappa shape index (κ3) is 5.25. The molecule has 0 atom stereocenters. The number of halogens is 3. The van der Waals surface area contributed by atoms with Crippen LogP contribution in [0.5, 0.6) is 5.75 Å². The highest BCUT2D eigenvalue weighted by Crippen LogP contribution is 2.33. The molecular weight excluding hydrogens is 409 g/mol. The lowest BCUT2D eigenvalue weighted by Gasteiger charge is -2.21. The Morgan fingerprint density at radius 1 is 1.13 bits per heavy atom. The minimum absolute atomic E-state index is 0.0424. The highest BCUT2D eigenvalue weighted by atomic mass is 19.4. The second kappa shape index (κ2) is 9.39. The van der Waals surface area contributed by atoms with Crippen LogP contribution in [0.3, 0.4) is 0 Å². The normalized spacial score (nSPS) is 11.1. The van der Waals surface area contributed by atoms with Crippen molar-refractivity contribution in [3.8, 4) is 23.1 Å². The smallest absolute Gasteiger partial charge is 0.416 e. The lowest BCUT2D eigenvalue weighted by Crippen LogP contribution is -2.31. The fraction of sp³-hybridized carbons (Fsp3) is 0.217. The Labute approximate surface area is 177 Å². The first-order chi connectivity index (χ1) is 14.8. The van der Waals surface area contributed by atoms with E-state index < -0.39 is 17.6 Å². The molecule has 0 aliphatic rings. The molecule has 31 heavy (non-hydrogen) atoms. The Balaban J connectivity index is 1.88. The molecule has 3 aromatic rings. The predicted octanol–water partition coefficient (Wildman–Crippen LogP) is 5.92. The van der Waals surface area contributed by atoms with Crippen LogP contribution in [0.15, 0.2) is 65.1 Å². The highest BCUT2D eigenvalue weighted by Gasteiger charge is 2.31. The Kier molecular flexibility index (Phi) is 6.65. The van der Waals surface area contributed by atoms with E-state index in [9.17, 15) is 18.0 Å². The van der Waals surface area contributed by atoms with Crippen molar-refractivity contribution < 1.29 is 27.1 Å². The van der Waals surface area contributed by atoms with Gasteiger partial charge in [-0.15, -0.1) is 0 Å². The number of carbonyl (C=O) groups excluding carboxylic acids is 1. The van der Waals surface area contributed by atoms with Gasteiger partial charge in [0.15, 0.2) is 5.76 Å². The SMILES string of the molecule is CCOc1ccc(N(CCC#N)C(=O)c2ccc(-c3cccc(C(F)(F)F)c3)o2)cc1. The largest absolute Gasteiger partial charge is 0.494 e. The molecule has 160 valence electrons. The second-order valence-electron chi connectivity index (χ2n) is 6.53. The Morgan fingerprint density at radius 2 is 1.87 bits per heavy atom. The van der Waals surface area contributed by atoms with Gasteiger partial charge in [-0.3, -0.25) is 4.79 Å². The van der Waals surface area contributed by atoms with E-state index in [-0.39, 0.29) is 30.0 Å². The van der Waals surface area contributed by atoms with Gasteiger partial charge in [0.2, 0.25) is 0 Å². The van der Waals surface area contributed by atoms with Crippen molar-refractivity contribution in [3.05, 3.63) is 72.0 Å². The second-order valence-corrected chi connectivity index (χ2v) is 6.53. The first-order valence-corrected chi connectivity index (χ1v) is 9.52. The summed E-state index contributed by atoms with van der Waals surface area (Å²) in [4.78, 5) is 14.4. The molecule has 8 heteroatoms. The van der Waals surface area contributed by atoms with E-state index in [1.54, 1.807) is 24.3 Å². The number of carbonyl (C=O) groups is 1. The molecule has 0 saturated carbocycles. The third-order valence-electron chi connectivity index (χ3n) is 4.44. The van der Waals surface area contributed by atoms with Gasteiger partial charge < -0.3 is 14.1 Å². The number of rotatable bonds is 7.